The lowest BCUT2D eigenvalue weighted by atomic mass is 9.83. The summed E-state index contributed by atoms with van der Waals surface area (Å²) in [6, 6.07) is 8.12. The molecule has 0 fully saturated rings. The SMILES string of the molecule is CN1/C(=C/C(=O)CO)C(C)(C)c2ccccc21. The molecule has 0 bridgehead atoms. The zero-order chi connectivity index (χ0) is 12.6. The van der Waals surface area contributed by atoms with Gasteiger partial charge < -0.3 is 10.0 Å². The molecule has 0 aliphatic carbocycles. The van der Waals surface area contributed by atoms with Gasteiger partial charge in [0.25, 0.3) is 0 Å². The number of aliphatic hydroxyl groups excluding tert-OH is 1. The first kappa shape index (κ1) is 11.9. The van der Waals surface area contributed by atoms with Crippen LogP contribution in [0.3, 0.4) is 0 Å². The highest BCUT2D eigenvalue weighted by molar-refractivity contribution is 5.93. The van der Waals surface area contributed by atoms with Crippen molar-refractivity contribution in [3.05, 3.63) is 41.6 Å². The van der Waals surface area contributed by atoms with Crippen molar-refractivity contribution in [3.63, 3.8) is 0 Å². The summed E-state index contributed by atoms with van der Waals surface area (Å²) in [5.41, 5.74) is 3.06. The van der Waals surface area contributed by atoms with Crippen LogP contribution in [0.1, 0.15) is 19.4 Å². The number of hydrogen-bond acceptors (Lipinski definition) is 3. The lowest BCUT2D eigenvalue weighted by Crippen LogP contribution is -2.24. The molecule has 1 aliphatic rings. The second-order valence-electron chi connectivity index (χ2n) is 4.86. The average molecular weight is 231 g/mol. The maximum Gasteiger partial charge on any atom is 0.182 e. The molecule has 0 spiro atoms. The fourth-order valence-corrected chi connectivity index (χ4v) is 2.46. The maximum atomic E-state index is 11.4. The summed E-state index contributed by atoms with van der Waals surface area (Å²) in [6.45, 7) is 3.74. The van der Waals surface area contributed by atoms with E-state index in [1.165, 1.54) is 5.56 Å². The van der Waals surface area contributed by atoms with E-state index in [0.29, 0.717) is 0 Å². The molecule has 0 unspecified atom stereocenters. The molecule has 0 aromatic heterocycles. The topological polar surface area (TPSA) is 40.5 Å². The molecule has 3 heteroatoms. The van der Waals surface area contributed by atoms with Crippen LogP contribution in [0.25, 0.3) is 0 Å². The summed E-state index contributed by atoms with van der Waals surface area (Å²) in [6.07, 6.45) is 1.54. The minimum absolute atomic E-state index is 0.198. The zero-order valence-electron chi connectivity index (χ0n) is 10.4. The van der Waals surface area contributed by atoms with Gasteiger partial charge >= 0.3 is 0 Å². The fraction of sp³-hybridized carbons (Fsp3) is 0.357. The first-order chi connectivity index (χ1) is 7.98. The van der Waals surface area contributed by atoms with Gasteiger partial charge in [0.05, 0.1) is 0 Å². The molecule has 3 nitrogen and oxygen atoms in total. The standard InChI is InChI=1S/C14H17NO2/c1-14(2)11-6-4-5-7-12(11)15(3)13(14)8-10(17)9-16/h4-8,16H,9H2,1-3H3/b13-8+. The van der Waals surface area contributed by atoms with E-state index in [2.05, 4.69) is 19.9 Å². The maximum absolute atomic E-state index is 11.4. The predicted molar refractivity (Wildman–Crippen MR) is 68.0 cm³/mol. The molecule has 0 atom stereocenters. The van der Waals surface area contributed by atoms with E-state index < -0.39 is 6.61 Å². The normalized spacial score (nSPS) is 19.5. The third-order valence-electron chi connectivity index (χ3n) is 3.39. The molecule has 1 N–H and O–H groups in total. The summed E-state index contributed by atoms with van der Waals surface area (Å²) >= 11 is 0. The lowest BCUT2D eigenvalue weighted by Gasteiger charge is -2.23. The summed E-state index contributed by atoms with van der Waals surface area (Å²) < 4.78 is 0. The molecule has 1 aromatic rings. The van der Waals surface area contributed by atoms with Crippen LogP contribution in [0.2, 0.25) is 0 Å². The van der Waals surface area contributed by atoms with Crippen molar-refractivity contribution in [1.29, 1.82) is 0 Å². The molecule has 1 aliphatic heterocycles. The van der Waals surface area contributed by atoms with E-state index in [1.807, 2.05) is 30.1 Å². The Labute approximate surface area is 101 Å². The summed E-state index contributed by atoms with van der Waals surface area (Å²) in [4.78, 5) is 13.4. The number of nitrogens with zero attached hydrogens (tertiary/aromatic N) is 1. The Bertz CT molecular complexity index is 489. The Morgan fingerprint density at radius 1 is 1.41 bits per heavy atom. The van der Waals surface area contributed by atoms with Gasteiger partial charge in [-0.2, -0.15) is 0 Å². The van der Waals surface area contributed by atoms with Crippen molar-refractivity contribution in [1.82, 2.24) is 0 Å². The van der Waals surface area contributed by atoms with Crippen LogP contribution in [0.4, 0.5) is 5.69 Å². The molecule has 17 heavy (non-hydrogen) atoms. The third kappa shape index (κ3) is 1.76. The van der Waals surface area contributed by atoms with Crippen LogP contribution in [0, 0.1) is 0 Å². The van der Waals surface area contributed by atoms with Gasteiger partial charge in [0, 0.05) is 29.9 Å². The Kier molecular flexibility index (Phi) is 2.79. The Balaban J connectivity index is 2.54. The van der Waals surface area contributed by atoms with Crippen LogP contribution >= 0.6 is 0 Å². The van der Waals surface area contributed by atoms with Gasteiger partial charge in [0.1, 0.15) is 6.61 Å². The van der Waals surface area contributed by atoms with Crippen molar-refractivity contribution in [3.8, 4) is 0 Å². The Morgan fingerprint density at radius 2 is 2.06 bits per heavy atom. The monoisotopic (exact) mass is 231 g/mol. The summed E-state index contributed by atoms with van der Waals surface area (Å²) in [5.74, 6) is -0.257. The number of likely N-dealkylation sites (N-methyl/N-ethyl adjacent to an activating group) is 1. The van der Waals surface area contributed by atoms with Gasteiger partial charge in [0.15, 0.2) is 5.78 Å². The highest BCUT2D eigenvalue weighted by Gasteiger charge is 2.38. The van der Waals surface area contributed by atoms with Gasteiger partial charge in [-0.3, -0.25) is 4.79 Å². The highest BCUT2D eigenvalue weighted by Crippen LogP contribution is 2.46. The first-order valence-corrected chi connectivity index (χ1v) is 5.67. The number of allylic oxidation sites excluding steroid dienone is 1. The number of para-hydroxylation sites is 1. The predicted octanol–water partition coefficient (Wildman–Crippen LogP) is 1.86. The molecule has 0 radical (unpaired) electrons. The van der Waals surface area contributed by atoms with Crippen LogP contribution in [0.5, 0.6) is 0 Å². The molecule has 2 rings (SSSR count). The van der Waals surface area contributed by atoms with E-state index in [1.54, 1.807) is 6.08 Å². The lowest BCUT2D eigenvalue weighted by molar-refractivity contribution is -0.117. The quantitative estimate of drug-likeness (QED) is 0.790. The van der Waals surface area contributed by atoms with E-state index in [4.69, 9.17) is 5.11 Å². The number of aliphatic hydroxyl groups is 1. The van der Waals surface area contributed by atoms with Gasteiger partial charge in [-0.1, -0.05) is 32.0 Å². The number of carbonyl (C=O) groups excluding carboxylic acids is 1. The largest absolute Gasteiger partial charge is 0.388 e. The van der Waals surface area contributed by atoms with Crippen LogP contribution in [-0.2, 0) is 10.2 Å². The molecular weight excluding hydrogens is 214 g/mol. The second kappa shape index (κ2) is 4.00. The Morgan fingerprint density at radius 3 is 2.65 bits per heavy atom. The smallest absolute Gasteiger partial charge is 0.182 e. The number of fused-ring (bicyclic) bond motifs is 1. The van der Waals surface area contributed by atoms with Gasteiger partial charge in [-0.05, 0) is 11.6 Å². The van der Waals surface area contributed by atoms with E-state index in [-0.39, 0.29) is 11.2 Å². The second-order valence-corrected chi connectivity index (χ2v) is 4.86. The number of hydrogen-bond donors (Lipinski definition) is 1. The number of carbonyl (C=O) groups is 1. The molecule has 1 heterocycles. The zero-order valence-corrected chi connectivity index (χ0v) is 10.4. The summed E-state index contributed by atoms with van der Waals surface area (Å²) in [7, 11) is 1.95. The fourth-order valence-electron chi connectivity index (χ4n) is 2.46. The molecular formula is C14H17NO2. The third-order valence-corrected chi connectivity index (χ3v) is 3.39. The van der Waals surface area contributed by atoms with Crippen LogP contribution in [-0.4, -0.2) is 24.5 Å². The van der Waals surface area contributed by atoms with Crippen LogP contribution in [0.15, 0.2) is 36.0 Å². The van der Waals surface area contributed by atoms with Crippen molar-refractivity contribution >= 4 is 11.5 Å². The van der Waals surface area contributed by atoms with Crippen molar-refractivity contribution in [2.75, 3.05) is 18.6 Å². The molecule has 1 aromatic carbocycles. The van der Waals surface area contributed by atoms with Gasteiger partial charge in [-0.25, -0.2) is 0 Å². The summed E-state index contributed by atoms with van der Waals surface area (Å²) in [5, 5.41) is 8.86. The first-order valence-electron chi connectivity index (χ1n) is 5.67. The number of benzene rings is 1. The number of ketones is 1. The Hall–Kier alpha value is -1.61. The highest BCUT2D eigenvalue weighted by atomic mass is 16.3. The van der Waals surface area contributed by atoms with Gasteiger partial charge in [-0.15, -0.1) is 0 Å². The molecule has 90 valence electrons. The van der Waals surface area contributed by atoms with E-state index in [0.717, 1.165) is 11.4 Å². The van der Waals surface area contributed by atoms with Crippen molar-refractivity contribution in [2.24, 2.45) is 0 Å². The number of anilines is 1. The minimum atomic E-state index is -0.441. The van der Waals surface area contributed by atoms with Crippen molar-refractivity contribution in [2.45, 2.75) is 19.3 Å². The van der Waals surface area contributed by atoms with E-state index in [9.17, 15) is 4.79 Å². The van der Waals surface area contributed by atoms with Crippen molar-refractivity contribution < 1.29 is 9.90 Å². The molecule has 0 saturated carbocycles. The molecule has 0 amide bonds. The average Bonchev–Trinajstić information content (AvgIpc) is 2.51. The number of rotatable bonds is 2. The minimum Gasteiger partial charge on any atom is -0.388 e. The molecule has 0 saturated heterocycles. The van der Waals surface area contributed by atoms with Gasteiger partial charge in [0.2, 0.25) is 0 Å². The van der Waals surface area contributed by atoms with E-state index >= 15 is 0 Å². The van der Waals surface area contributed by atoms with Crippen LogP contribution < -0.4 is 4.90 Å².